The van der Waals surface area contributed by atoms with Crippen molar-refractivity contribution in [2.75, 3.05) is 6.54 Å². The molecule has 1 aliphatic rings. The molecule has 2 N–H and O–H groups in total. The fourth-order valence-corrected chi connectivity index (χ4v) is 3.72. The summed E-state index contributed by atoms with van der Waals surface area (Å²) in [5.74, 6) is -1.04. The fourth-order valence-electron chi connectivity index (χ4n) is 3.72. The van der Waals surface area contributed by atoms with Crippen LogP contribution in [0.25, 0.3) is 10.9 Å². The number of aromatic nitrogens is 2. The zero-order valence-electron chi connectivity index (χ0n) is 14.5. The number of carboxylic acids is 1. The van der Waals surface area contributed by atoms with Crippen LogP contribution in [0.5, 0.6) is 0 Å². The van der Waals surface area contributed by atoms with E-state index in [1.807, 2.05) is 43.3 Å². The predicted octanol–water partition coefficient (Wildman–Crippen LogP) is 2.31. The molecule has 1 aliphatic heterocycles. The summed E-state index contributed by atoms with van der Waals surface area (Å²) < 4.78 is 1.76. The van der Waals surface area contributed by atoms with Gasteiger partial charge < -0.3 is 15.0 Å². The lowest BCUT2D eigenvalue weighted by molar-refractivity contribution is -0.137. The average Bonchev–Trinajstić information content (AvgIpc) is 2.88. The highest BCUT2D eigenvalue weighted by Gasteiger charge is 2.28. The Labute approximate surface area is 150 Å². The van der Waals surface area contributed by atoms with Crippen molar-refractivity contribution in [3.63, 3.8) is 0 Å². The Hall–Kier alpha value is -3.15. The minimum absolute atomic E-state index is 0.130. The number of nitrogens with zero attached hydrogens (tertiary/aromatic N) is 2. The zero-order chi connectivity index (χ0) is 18.3. The molecule has 1 amide bonds. The van der Waals surface area contributed by atoms with Crippen LogP contribution in [0.2, 0.25) is 0 Å². The van der Waals surface area contributed by atoms with Crippen molar-refractivity contribution < 1.29 is 14.7 Å². The lowest BCUT2D eigenvalue weighted by Gasteiger charge is -2.16. The second-order valence-electron chi connectivity index (χ2n) is 6.54. The van der Waals surface area contributed by atoms with Crippen LogP contribution in [0.1, 0.15) is 33.0 Å². The summed E-state index contributed by atoms with van der Waals surface area (Å²) in [7, 11) is 0. The molecule has 0 spiro atoms. The molecule has 132 valence electrons. The summed E-state index contributed by atoms with van der Waals surface area (Å²) in [5, 5.41) is 13.2. The number of pyridine rings is 1. The van der Waals surface area contributed by atoms with Gasteiger partial charge in [0.15, 0.2) is 0 Å². The Morgan fingerprint density at radius 2 is 2.08 bits per heavy atom. The molecule has 3 aromatic rings. The maximum atomic E-state index is 12.5. The van der Waals surface area contributed by atoms with Gasteiger partial charge in [0.2, 0.25) is 0 Å². The van der Waals surface area contributed by atoms with E-state index in [0.29, 0.717) is 24.9 Å². The van der Waals surface area contributed by atoms with Crippen LogP contribution in [-0.2, 0) is 24.2 Å². The van der Waals surface area contributed by atoms with Crippen LogP contribution in [0.4, 0.5) is 0 Å². The van der Waals surface area contributed by atoms with Gasteiger partial charge in [0.25, 0.3) is 5.91 Å². The van der Waals surface area contributed by atoms with Gasteiger partial charge in [-0.2, -0.15) is 0 Å². The first-order valence-electron chi connectivity index (χ1n) is 8.60. The Morgan fingerprint density at radius 3 is 2.88 bits per heavy atom. The highest BCUT2D eigenvalue weighted by molar-refractivity contribution is 5.98. The number of nitrogens with one attached hydrogen (secondary N) is 1. The van der Waals surface area contributed by atoms with Gasteiger partial charge >= 0.3 is 5.97 Å². The number of amides is 1. The molecule has 6 heteroatoms. The molecule has 0 aliphatic carbocycles. The van der Waals surface area contributed by atoms with E-state index in [9.17, 15) is 14.7 Å². The summed E-state index contributed by atoms with van der Waals surface area (Å²) in [4.78, 5) is 28.4. The third-order valence-electron chi connectivity index (χ3n) is 4.94. The van der Waals surface area contributed by atoms with Gasteiger partial charge in [0.1, 0.15) is 6.54 Å². The molecule has 4 rings (SSSR count). The fraction of sp³-hybridized carbons (Fsp3) is 0.250. The Kier molecular flexibility index (Phi) is 3.95. The van der Waals surface area contributed by atoms with Crippen LogP contribution in [0, 0.1) is 6.92 Å². The number of carbonyl (C=O) groups is 2. The molecule has 0 fully saturated rings. The zero-order valence-corrected chi connectivity index (χ0v) is 14.5. The monoisotopic (exact) mass is 349 g/mol. The van der Waals surface area contributed by atoms with E-state index in [2.05, 4.69) is 5.32 Å². The van der Waals surface area contributed by atoms with Gasteiger partial charge in [-0.15, -0.1) is 0 Å². The normalized spacial score (nSPS) is 13.5. The lowest BCUT2D eigenvalue weighted by atomic mass is 9.99. The third-order valence-corrected chi connectivity index (χ3v) is 4.94. The lowest BCUT2D eigenvalue weighted by Crippen LogP contribution is -2.33. The Morgan fingerprint density at radius 1 is 1.27 bits per heavy atom. The minimum atomic E-state index is -0.910. The molecular weight excluding hydrogens is 330 g/mol. The SMILES string of the molecule is Cc1c(Cc2ccc3ccccc3n2)c2c(n1CC(=O)O)CCNC2=O. The molecule has 0 bridgehead atoms. The number of aliphatic carboxylic acids is 1. The van der Waals surface area contributed by atoms with E-state index < -0.39 is 5.97 Å². The van der Waals surface area contributed by atoms with Crippen molar-refractivity contribution in [3.05, 3.63) is 64.6 Å². The van der Waals surface area contributed by atoms with E-state index in [1.54, 1.807) is 4.57 Å². The molecule has 0 atom stereocenters. The maximum Gasteiger partial charge on any atom is 0.323 e. The number of fused-ring (bicyclic) bond motifs is 2. The third kappa shape index (κ3) is 2.73. The summed E-state index contributed by atoms with van der Waals surface area (Å²) in [5.41, 5.74) is 4.88. The molecule has 0 unspecified atom stereocenters. The first-order valence-corrected chi connectivity index (χ1v) is 8.60. The van der Waals surface area contributed by atoms with E-state index in [0.717, 1.165) is 33.5 Å². The van der Waals surface area contributed by atoms with E-state index in [1.165, 1.54) is 0 Å². The second kappa shape index (κ2) is 6.29. The quantitative estimate of drug-likeness (QED) is 0.757. The molecule has 2 aromatic heterocycles. The van der Waals surface area contributed by atoms with Crippen molar-refractivity contribution >= 4 is 22.8 Å². The van der Waals surface area contributed by atoms with Crippen LogP contribution < -0.4 is 5.32 Å². The number of benzene rings is 1. The first-order chi connectivity index (χ1) is 12.5. The highest BCUT2D eigenvalue weighted by Crippen LogP contribution is 2.28. The van der Waals surface area contributed by atoms with E-state index in [-0.39, 0.29) is 12.5 Å². The van der Waals surface area contributed by atoms with Crippen LogP contribution in [0.15, 0.2) is 36.4 Å². The summed E-state index contributed by atoms with van der Waals surface area (Å²) in [6, 6.07) is 11.9. The van der Waals surface area contributed by atoms with Gasteiger partial charge in [-0.25, -0.2) is 0 Å². The summed E-state index contributed by atoms with van der Waals surface area (Å²) in [6.45, 7) is 2.28. The second-order valence-corrected chi connectivity index (χ2v) is 6.54. The van der Waals surface area contributed by atoms with Gasteiger partial charge in [0, 0.05) is 41.9 Å². The van der Waals surface area contributed by atoms with Gasteiger partial charge in [0.05, 0.1) is 11.1 Å². The van der Waals surface area contributed by atoms with E-state index >= 15 is 0 Å². The number of rotatable bonds is 4. The molecule has 26 heavy (non-hydrogen) atoms. The molecular formula is C20H19N3O3. The number of carbonyl (C=O) groups excluding carboxylic acids is 1. The smallest absolute Gasteiger partial charge is 0.323 e. The Bertz CT molecular complexity index is 1040. The van der Waals surface area contributed by atoms with Crippen molar-refractivity contribution in [2.45, 2.75) is 26.3 Å². The summed E-state index contributed by atoms with van der Waals surface area (Å²) in [6.07, 6.45) is 1.14. The molecule has 6 nitrogen and oxygen atoms in total. The van der Waals surface area contributed by atoms with Gasteiger partial charge in [-0.05, 0) is 24.6 Å². The minimum Gasteiger partial charge on any atom is -0.480 e. The summed E-state index contributed by atoms with van der Waals surface area (Å²) >= 11 is 0. The van der Waals surface area contributed by atoms with Crippen molar-refractivity contribution in [1.29, 1.82) is 0 Å². The largest absolute Gasteiger partial charge is 0.480 e. The Balaban J connectivity index is 1.81. The predicted molar refractivity (Wildman–Crippen MR) is 97.4 cm³/mol. The first kappa shape index (κ1) is 16.3. The van der Waals surface area contributed by atoms with Gasteiger partial charge in [-0.3, -0.25) is 14.6 Å². The molecule has 1 aromatic carbocycles. The molecule has 0 saturated heterocycles. The van der Waals surface area contributed by atoms with Crippen molar-refractivity contribution in [2.24, 2.45) is 0 Å². The van der Waals surface area contributed by atoms with Gasteiger partial charge in [-0.1, -0.05) is 24.3 Å². The standard InChI is InChI=1S/C20H19N3O3/c1-12-15(10-14-7-6-13-4-2-3-5-16(13)22-14)19-17(8-9-21-20(19)26)23(12)11-18(24)25/h2-7H,8-11H2,1H3,(H,21,26)(H,24,25). The molecule has 3 heterocycles. The average molecular weight is 349 g/mol. The van der Waals surface area contributed by atoms with Crippen LogP contribution >= 0.6 is 0 Å². The molecule has 0 saturated carbocycles. The topological polar surface area (TPSA) is 84.2 Å². The highest BCUT2D eigenvalue weighted by atomic mass is 16.4. The number of carboxylic acid groups (broad SMARTS) is 1. The maximum absolute atomic E-state index is 12.5. The van der Waals surface area contributed by atoms with Crippen LogP contribution in [0.3, 0.4) is 0 Å². The van der Waals surface area contributed by atoms with Crippen LogP contribution in [-0.4, -0.2) is 33.1 Å². The molecule has 0 radical (unpaired) electrons. The van der Waals surface area contributed by atoms with Crippen molar-refractivity contribution in [3.8, 4) is 0 Å². The van der Waals surface area contributed by atoms with E-state index in [4.69, 9.17) is 4.98 Å². The number of hydrogen-bond acceptors (Lipinski definition) is 3. The number of hydrogen-bond donors (Lipinski definition) is 2. The van der Waals surface area contributed by atoms with Crippen molar-refractivity contribution in [1.82, 2.24) is 14.9 Å². The number of para-hydroxylation sites is 1.